The van der Waals surface area contributed by atoms with E-state index in [1.54, 1.807) is 36.2 Å². The van der Waals surface area contributed by atoms with Crippen molar-refractivity contribution >= 4 is 32.5 Å². The van der Waals surface area contributed by atoms with Crippen molar-refractivity contribution in [1.82, 2.24) is 4.98 Å². The summed E-state index contributed by atoms with van der Waals surface area (Å²) in [4.78, 5) is 17.3. The van der Waals surface area contributed by atoms with Crippen molar-refractivity contribution in [3.05, 3.63) is 35.9 Å². The molecule has 1 heterocycles. The Bertz CT molecular complexity index is 787. The van der Waals surface area contributed by atoms with Crippen LogP contribution in [0.5, 0.6) is 0 Å². The molecular weight excluding hydrogens is 292 g/mol. The van der Waals surface area contributed by atoms with Crippen LogP contribution < -0.4 is 4.90 Å². The van der Waals surface area contributed by atoms with Gasteiger partial charge in [0.2, 0.25) is 0 Å². The second-order valence-corrected chi connectivity index (χ2v) is 7.16. The van der Waals surface area contributed by atoms with Gasteiger partial charge in [-0.15, -0.1) is 0 Å². The Morgan fingerprint density at radius 3 is 2.62 bits per heavy atom. The van der Waals surface area contributed by atoms with Gasteiger partial charge in [-0.05, 0) is 24.3 Å². The number of fused-ring (bicyclic) bond motifs is 1. The zero-order valence-corrected chi connectivity index (χ0v) is 12.6. The van der Waals surface area contributed by atoms with E-state index in [2.05, 4.69) is 4.98 Å². The number of carboxylic acids is 1. The number of sulfone groups is 1. The van der Waals surface area contributed by atoms with Gasteiger partial charge in [0.25, 0.3) is 0 Å². The minimum Gasteiger partial charge on any atom is -0.478 e. The molecule has 0 radical (unpaired) electrons. The highest BCUT2D eigenvalue weighted by atomic mass is 32.2. The Morgan fingerprint density at radius 2 is 2.00 bits per heavy atom. The lowest BCUT2D eigenvalue weighted by Gasteiger charge is -2.18. The van der Waals surface area contributed by atoms with Gasteiger partial charge >= 0.3 is 5.97 Å². The third kappa shape index (κ3) is 3.69. The SMILES string of the molecule is CN(CCS(C)(=O)=O)c1ccc2c(C(=O)O)cccc2n1. The number of nitrogens with zero attached hydrogens (tertiary/aromatic N) is 2. The molecule has 2 aromatic rings. The molecular formula is C14H16N2O4S. The summed E-state index contributed by atoms with van der Waals surface area (Å²) in [5, 5.41) is 9.69. The van der Waals surface area contributed by atoms with Gasteiger partial charge in [0.15, 0.2) is 0 Å². The number of pyridine rings is 1. The summed E-state index contributed by atoms with van der Waals surface area (Å²) in [5.41, 5.74) is 0.768. The Kier molecular flexibility index (Phi) is 4.13. The fraction of sp³-hybridized carbons (Fsp3) is 0.286. The molecule has 0 unspecified atom stereocenters. The highest BCUT2D eigenvalue weighted by Crippen LogP contribution is 2.21. The number of hydrogen-bond acceptors (Lipinski definition) is 5. The van der Waals surface area contributed by atoms with E-state index in [1.807, 2.05) is 0 Å². The Labute approximate surface area is 122 Å². The van der Waals surface area contributed by atoms with Crippen LogP contribution in [0.1, 0.15) is 10.4 Å². The maximum absolute atomic E-state index is 11.2. The third-order valence-corrected chi connectivity index (χ3v) is 4.06. The van der Waals surface area contributed by atoms with E-state index in [9.17, 15) is 13.2 Å². The van der Waals surface area contributed by atoms with Gasteiger partial charge in [0, 0.05) is 25.2 Å². The Hall–Kier alpha value is -2.15. The maximum atomic E-state index is 11.2. The van der Waals surface area contributed by atoms with Crippen molar-refractivity contribution in [3.63, 3.8) is 0 Å². The lowest BCUT2D eigenvalue weighted by molar-refractivity contribution is 0.0699. The zero-order valence-electron chi connectivity index (χ0n) is 11.8. The molecule has 0 spiro atoms. The Balaban J connectivity index is 2.33. The molecule has 0 aliphatic carbocycles. The normalized spacial score (nSPS) is 11.5. The molecule has 0 fully saturated rings. The predicted molar refractivity (Wildman–Crippen MR) is 81.7 cm³/mol. The van der Waals surface area contributed by atoms with Crippen LogP contribution in [0.15, 0.2) is 30.3 Å². The van der Waals surface area contributed by atoms with Crippen LogP contribution in [0.25, 0.3) is 10.9 Å². The van der Waals surface area contributed by atoms with Gasteiger partial charge in [-0.1, -0.05) is 6.07 Å². The molecule has 112 valence electrons. The molecule has 0 bridgehead atoms. The van der Waals surface area contributed by atoms with Crippen LogP contribution in [0.2, 0.25) is 0 Å². The van der Waals surface area contributed by atoms with E-state index in [0.29, 0.717) is 23.3 Å². The quantitative estimate of drug-likeness (QED) is 0.898. The third-order valence-electron chi connectivity index (χ3n) is 3.14. The van der Waals surface area contributed by atoms with Crippen LogP contribution in [0, 0.1) is 0 Å². The van der Waals surface area contributed by atoms with Crippen LogP contribution in [0.4, 0.5) is 5.82 Å². The van der Waals surface area contributed by atoms with Gasteiger partial charge in [0.1, 0.15) is 15.7 Å². The molecule has 0 saturated heterocycles. The zero-order chi connectivity index (χ0) is 15.6. The number of aromatic nitrogens is 1. The molecule has 6 nitrogen and oxygen atoms in total. The molecule has 1 N–H and O–H groups in total. The summed E-state index contributed by atoms with van der Waals surface area (Å²) < 4.78 is 22.4. The summed E-state index contributed by atoms with van der Waals surface area (Å²) in [5.74, 6) is -0.354. The Morgan fingerprint density at radius 1 is 1.29 bits per heavy atom. The van der Waals surface area contributed by atoms with E-state index in [-0.39, 0.29) is 11.3 Å². The van der Waals surface area contributed by atoms with Gasteiger partial charge in [0.05, 0.1) is 16.8 Å². The van der Waals surface area contributed by atoms with Crippen LogP contribution >= 0.6 is 0 Å². The van der Waals surface area contributed by atoms with Crippen molar-refractivity contribution in [3.8, 4) is 0 Å². The molecule has 7 heteroatoms. The van der Waals surface area contributed by atoms with Crippen LogP contribution in [0.3, 0.4) is 0 Å². The van der Waals surface area contributed by atoms with Gasteiger partial charge in [-0.3, -0.25) is 0 Å². The van der Waals surface area contributed by atoms with Crippen molar-refractivity contribution in [1.29, 1.82) is 0 Å². The average molecular weight is 308 g/mol. The number of carboxylic acid groups (broad SMARTS) is 1. The van der Waals surface area contributed by atoms with Gasteiger partial charge in [-0.2, -0.15) is 0 Å². The first-order valence-corrected chi connectivity index (χ1v) is 8.36. The van der Waals surface area contributed by atoms with E-state index >= 15 is 0 Å². The van der Waals surface area contributed by atoms with Crippen molar-refractivity contribution in [2.24, 2.45) is 0 Å². The van der Waals surface area contributed by atoms with Crippen LogP contribution in [-0.2, 0) is 9.84 Å². The lowest BCUT2D eigenvalue weighted by atomic mass is 10.1. The summed E-state index contributed by atoms with van der Waals surface area (Å²) in [6, 6.07) is 8.28. The standard InChI is InChI=1S/C14H16N2O4S/c1-16(8-9-21(2,19)20)13-7-6-10-11(14(17)18)4-3-5-12(10)15-13/h3-7H,8-9H2,1-2H3,(H,17,18). The van der Waals surface area contributed by atoms with E-state index in [0.717, 1.165) is 0 Å². The monoisotopic (exact) mass is 308 g/mol. The smallest absolute Gasteiger partial charge is 0.336 e. The summed E-state index contributed by atoms with van der Waals surface area (Å²) in [7, 11) is -1.28. The second-order valence-electron chi connectivity index (χ2n) is 4.90. The van der Waals surface area contributed by atoms with Crippen molar-refractivity contribution < 1.29 is 18.3 Å². The van der Waals surface area contributed by atoms with E-state index in [4.69, 9.17) is 5.11 Å². The maximum Gasteiger partial charge on any atom is 0.336 e. The summed E-state index contributed by atoms with van der Waals surface area (Å²) in [6.07, 6.45) is 1.19. The number of rotatable bonds is 5. The molecule has 0 aliphatic rings. The minimum absolute atomic E-state index is 0.0401. The molecule has 1 aromatic heterocycles. The predicted octanol–water partition coefficient (Wildman–Crippen LogP) is 1.41. The van der Waals surface area contributed by atoms with Crippen molar-refractivity contribution in [2.45, 2.75) is 0 Å². The molecule has 21 heavy (non-hydrogen) atoms. The lowest BCUT2D eigenvalue weighted by Crippen LogP contribution is -2.25. The number of benzene rings is 1. The molecule has 0 saturated carbocycles. The van der Waals surface area contributed by atoms with E-state index < -0.39 is 15.8 Å². The fourth-order valence-corrected chi connectivity index (χ4v) is 2.57. The molecule has 0 amide bonds. The minimum atomic E-state index is -3.03. The molecule has 0 aliphatic heterocycles. The number of aromatic carboxylic acids is 1. The highest BCUT2D eigenvalue weighted by Gasteiger charge is 2.11. The number of carbonyl (C=O) groups is 1. The number of hydrogen-bond donors (Lipinski definition) is 1. The molecule has 2 rings (SSSR count). The first-order chi connectivity index (χ1) is 9.78. The molecule has 0 atom stereocenters. The second kappa shape index (κ2) is 5.69. The first kappa shape index (κ1) is 15.2. The topological polar surface area (TPSA) is 87.6 Å². The fourth-order valence-electron chi connectivity index (χ4n) is 1.96. The van der Waals surface area contributed by atoms with Gasteiger partial charge in [-0.25, -0.2) is 18.2 Å². The largest absolute Gasteiger partial charge is 0.478 e. The first-order valence-electron chi connectivity index (χ1n) is 6.30. The molecule has 1 aromatic carbocycles. The van der Waals surface area contributed by atoms with Crippen molar-refractivity contribution in [2.75, 3.05) is 30.5 Å². The van der Waals surface area contributed by atoms with Crippen LogP contribution in [-0.4, -0.2) is 50.1 Å². The summed E-state index contributed by atoms with van der Waals surface area (Å²) in [6.45, 7) is 0.329. The average Bonchev–Trinajstić information content (AvgIpc) is 2.42. The highest BCUT2D eigenvalue weighted by molar-refractivity contribution is 7.90. The van der Waals surface area contributed by atoms with Gasteiger partial charge < -0.3 is 10.0 Å². The van der Waals surface area contributed by atoms with E-state index in [1.165, 1.54) is 12.3 Å². The number of anilines is 1. The summed E-state index contributed by atoms with van der Waals surface area (Å²) >= 11 is 0.